The van der Waals surface area contributed by atoms with Crippen molar-refractivity contribution in [1.29, 1.82) is 0 Å². The monoisotopic (exact) mass is 282 g/mol. The summed E-state index contributed by atoms with van der Waals surface area (Å²) in [5.41, 5.74) is 5.71. The van der Waals surface area contributed by atoms with Crippen LogP contribution in [-0.4, -0.2) is 48.4 Å². The molecule has 0 bridgehead atoms. The van der Waals surface area contributed by atoms with E-state index in [1.165, 1.54) is 0 Å². The van der Waals surface area contributed by atoms with Crippen molar-refractivity contribution < 1.29 is 4.79 Å². The summed E-state index contributed by atoms with van der Waals surface area (Å²) in [7, 11) is 2.04. The zero-order valence-electron chi connectivity index (χ0n) is 13.5. The fraction of sp³-hybridized carbons (Fsp3) is 0.867. The van der Waals surface area contributed by atoms with E-state index in [9.17, 15) is 4.79 Å². The zero-order valence-corrected chi connectivity index (χ0v) is 13.5. The molecule has 0 saturated heterocycles. The van der Waals surface area contributed by atoms with Gasteiger partial charge in [0.05, 0.1) is 6.04 Å². The highest BCUT2D eigenvalue weighted by atomic mass is 16.1. The van der Waals surface area contributed by atoms with Gasteiger partial charge in [0.2, 0.25) is 0 Å². The van der Waals surface area contributed by atoms with Crippen molar-refractivity contribution in [3.63, 3.8) is 0 Å². The van der Waals surface area contributed by atoms with Crippen LogP contribution in [0.15, 0.2) is 4.99 Å². The molecule has 0 radical (unpaired) electrons. The molecule has 0 saturated carbocycles. The van der Waals surface area contributed by atoms with Gasteiger partial charge >= 0.3 is 0 Å². The summed E-state index contributed by atoms with van der Waals surface area (Å²) in [6.45, 7) is 9.00. The quantitative estimate of drug-likeness (QED) is 0.740. The van der Waals surface area contributed by atoms with Crippen LogP contribution in [0.25, 0.3) is 0 Å². The van der Waals surface area contributed by atoms with E-state index in [2.05, 4.69) is 29.1 Å². The van der Waals surface area contributed by atoms with E-state index in [0.717, 1.165) is 25.8 Å². The Morgan fingerprint density at radius 1 is 1.45 bits per heavy atom. The van der Waals surface area contributed by atoms with Crippen LogP contribution in [-0.2, 0) is 4.79 Å². The summed E-state index contributed by atoms with van der Waals surface area (Å²) >= 11 is 0. The second-order valence-electron chi connectivity index (χ2n) is 6.31. The van der Waals surface area contributed by atoms with Crippen LogP contribution in [0, 0.1) is 5.92 Å². The highest BCUT2D eigenvalue weighted by Crippen LogP contribution is 2.17. The van der Waals surface area contributed by atoms with E-state index >= 15 is 0 Å². The van der Waals surface area contributed by atoms with E-state index < -0.39 is 0 Å². The number of carbonyl (C=O) groups excluding carboxylic acids is 1. The number of Topliss-reactive ketones (excluding diaryl/α,β-unsaturated/α-hetero) is 1. The van der Waals surface area contributed by atoms with Crippen molar-refractivity contribution in [2.75, 3.05) is 13.6 Å². The number of guanidine groups is 1. The molecule has 1 aliphatic heterocycles. The normalized spacial score (nSPS) is 21.0. The van der Waals surface area contributed by atoms with Crippen molar-refractivity contribution in [3.05, 3.63) is 0 Å². The molecule has 1 heterocycles. The Hall–Kier alpha value is -1.10. The first kappa shape index (κ1) is 17.0. The molecule has 2 atom stereocenters. The van der Waals surface area contributed by atoms with Crippen LogP contribution >= 0.6 is 0 Å². The lowest BCUT2D eigenvalue weighted by molar-refractivity contribution is -0.127. The number of rotatable bonds is 7. The molecule has 0 spiro atoms. The molecule has 3 N–H and O–H groups in total. The Bertz CT molecular complexity index is 352. The number of nitrogens with two attached hydrogens (primary N) is 1. The van der Waals surface area contributed by atoms with Crippen molar-refractivity contribution in [3.8, 4) is 0 Å². The Balaban J connectivity index is 2.61. The minimum atomic E-state index is -0.00288. The second kappa shape index (κ2) is 7.62. The van der Waals surface area contributed by atoms with Crippen LogP contribution in [0.2, 0.25) is 0 Å². The van der Waals surface area contributed by atoms with Crippen molar-refractivity contribution in [2.24, 2.45) is 16.6 Å². The van der Waals surface area contributed by atoms with Crippen LogP contribution in [0.4, 0.5) is 0 Å². The van der Waals surface area contributed by atoms with E-state index in [1.807, 2.05) is 20.9 Å². The van der Waals surface area contributed by atoms with Crippen LogP contribution in [0.3, 0.4) is 0 Å². The minimum absolute atomic E-state index is 0.00288. The molecule has 1 aliphatic rings. The fourth-order valence-electron chi connectivity index (χ4n) is 2.53. The number of nitrogens with zero attached hydrogens (tertiary/aromatic N) is 2. The molecule has 0 aromatic heterocycles. The van der Waals surface area contributed by atoms with Gasteiger partial charge < -0.3 is 11.1 Å². The van der Waals surface area contributed by atoms with Gasteiger partial charge in [0.25, 0.3) is 0 Å². The van der Waals surface area contributed by atoms with Gasteiger partial charge in [-0.25, -0.2) is 0 Å². The van der Waals surface area contributed by atoms with Gasteiger partial charge in [-0.05, 0) is 40.2 Å². The van der Waals surface area contributed by atoms with Gasteiger partial charge in [-0.1, -0.05) is 13.8 Å². The predicted octanol–water partition coefficient (Wildman–Crippen LogP) is 1.38. The van der Waals surface area contributed by atoms with E-state index in [4.69, 9.17) is 5.73 Å². The molecular weight excluding hydrogens is 252 g/mol. The van der Waals surface area contributed by atoms with Gasteiger partial charge in [-0.3, -0.25) is 14.7 Å². The SMILES string of the molecule is CC(C)C(=O)[C@@H](CCC1CCN=C(N)N1)N(C)C(C)C. The van der Waals surface area contributed by atoms with Gasteiger partial charge in [-0.2, -0.15) is 0 Å². The number of likely N-dealkylation sites (N-methyl/N-ethyl adjacent to an activating group) is 1. The Labute approximate surface area is 123 Å². The number of hydrogen-bond acceptors (Lipinski definition) is 5. The number of carbonyl (C=O) groups is 1. The number of hydrogen-bond donors (Lipinski definition) is 2. The van der Waals surface area contributed by atoms with Crippen LogP contribution in [0.5, 0.6) is 0 Å². The summed E-state index contributed by atoms with van der Waals surface area (Å²) in [6.07, 6.45) is 2.82. The third-order valence-corrected chi connectivity index (χ3v) is 4.10. The Kier molecular flexibility index (Phi) is 6.46. The maximum absolute atomic E-state index is 12.4. The van der Waals surface area contributed by atoms with Crippen molar-refractivity contribution >= 4 is 11.7 Å². The van der Waals surface area contributed by atoms with E-state index in [0.29, 0.717) is 23.8 Å². The molecule has 1 rings (SSSR count). The highest BCUT2D eigenvalue weighted by Gasteiger charge is 2.27. The molecule has 1 unspecified atom stereocenters. The average molecular weight is 282 g/mol. The molecule has 20 heavy (non-hydrogen) atoms. The predicted molar refractivity (Wildman–Crippen MR) is 83.8 cm³/mol. The number of nitrogens with one attached hydrogen (secondary N) is 1. The lowest BCUT2D eigenvalue weighted by atomic mass is 9.93. The maximum Gasteiger partial charge on any atom is 0.188 e. The van der Waals surface area contributed by atoms with Gasteiger partial charge in [0, 0.05) is 24.5 Å². The first-order chi connectivity index (χ1) is 9.32. The molecule has 5 heteroatoms. The fourth-order valence-corrected chi connectivity index (χ4v) is 2.53. The second-order valence-corrected chi connectivity index (χ2v) is 6.31. The topological polar surface area (TPSA) is 70.7 Å². The zero-order chi connectivity index (χ0) is 15.3. The summed E-state index contributed by atoms with van der Waals surface area (Å²) in [5, 5.41) is 3.21. The number of ketones is 1. The third kappa shape index (κ3) is 4.78. The first-order valence-electron chi connectivity index (χ1n) is 7.65. The molecule has 0 aromatic rings. The lowest BCUT2D eigenvalue weighted by Gasteiger charge is -2.33. The smallest absolute Gasteiger partial charge is 0.188 e. The summed E-state index contributed by atoms with van der Waals surface area (Å²) in [6, 6.07) is 0.709. The third-order valence-electron chi connectivity index (χ3n) is 4.10. The largest absolute Gasteiger partial charge is 0.370 e. The molecule has 0 fully saturated rings. The van der Waals surface area contributed by atoms with E-state index in [-0.39, 0.29) is 12.0 Å². The van der Waals surface area contributed by atoms with Crippen molar-refractivity contribution in [2.45, 2.75) is 65.1 Å². The first-order valence-corrected chi connectivity index (χ1v) is 7.65. The molecule has 5 nitrogen and oxygen atoms in total. The molecule has 0 aromatic carbocycles. The summed E-state index contributed by atoms with van der Waals surface area (Å²) < 4.78 is 0. The molecule has 0 amide bonds. The lowest BCUT2D eigenvalue weighted by Crippen LogP contribution is -2.47. The minimum Gasteiger partial charge on any atom is -0.370 e. The molecule has 0 aliphatic carbocycles. The van der Waals surface area contributed by atoms with Gasteiger partial charge in [0.15, 0.2) is 11.7 Å². The standard InChI is InChI=1S/C15H30N4O/c1-10(2)14(20)13(19(5)11(3)4)7-6-12-8-9-17-15(16)18-12/h10-13H,6-9H2,1-5H3,(H3,16,17,18)/t12?,13-/m1/s1. The molecule has 116 valence electrons. The van der Waals surface area contributed by atoms with Crippen LogP contribution < -0.4 is 11.1 Å². The van der Waals surface area contributed by atoms with E-state index in [1.54, 1.807) is 0 Å². The van der Waals surface area contributed by atoms with Crippen molar-refractivity contribution in [1.82, 2.24) is 10.2 Å². The highest BCUT2D eigenvalue weighted by molar-refractivity contribution is 5.85. The Morgan fingerprint density at radius 2 is 2.10 bits per heavy atom. The average Bonchev–Trinajstić information content (AvgIpc) is 2.38. The number of aliphatic imine (C=N–C) groups is 1. The van der Waals surface area contributed by atoms with Gasteiger partial charge in [-0.15, -0.1) is 0 Å². The van der Waals surface area contributed by atoms with Gasteiger partial charge in [0.1, 0.15) is 0 Å². The molecular formula is C15H30N4O. The maximum atomic E-state index is 12.4. The summed E-state index contributed by atoms with van der Waals surface area (Å²) in [5.74, 6) is 0.941. The Morgan fingerprint density at radius 3 is 2.60 bits per heavy atom. The van der Waals surface area contributed by atoms with Crippen LogP contribution in [0.1, 0.15) is 47.0 Å². The summed E-state index contributed by atoms with van der Waals surface area (Å²) in [4.78, 5) is 18.7.